The molecule has 0 spiro atoms. The van der Waals surface area contributed by atoms with Crippen LogP contribution in [0.4, 0.5) is 0 Å². The Hall–Kier alpha value is -0.570. The van der Waals surface area contributed by atoms with Crippen LogP contribution in [0.3, 0.4) is 0 Å². The van der Waals surface area contributed by atoms with Gasteiger partial charge in [-0.25, -0.2) is 0 Å². The molecule has 2 N–H and O–H groups in total. The van der Waals surface area contributed by atoms with Crippen LogP contribution in [-0.2, 0) is 4.79 Å². The Morgan fingerprint density at radius 3 is 2.56 bits per heavy atom. The van der Waals surface area contributed by atoms with Crippen LogP contribution in [0.1, 0.15) is 57.8 Å². The lowest BCUT2D eigenvalue weighted by atomic mass is 9.99. The zero-order valence-electron chi connectivity index (χ0n) is 11.7. The Bertz CT molecular complexity index is 274. The second-order valence-electron chi connectivity index (χ2n) is 6.19. The van der Waals surface area contributed by atoms with Crippen molar-refractivity contribution >= 4 is 5.91 Å². The average molecular weight is 252 g/mol. The number of rotatable bonds is 5. The molecule has 2 saturated carbocycles. The second-order valence-corrected chi connectivity index (χ2v) is 6.19. The van der Waals surface area contributed by atoms with E-state index in [0.29, 0.717) is 17.9 Å². The van der Waals surface area contributed by atoms with E-state index >= 15 is 0 Å². The molecule has 2 fully saturated rings. The number of amides is 1. The summed E-state index contributed by atoms with van der Waals surface area (Å²) in [6, 6.07) is 0.408. The lowest BCUT2D eigenvalue weighted by molar-refractivity contribution is -0.132. The molecule has 0 aromatic carbocycles. The summed E-state index contributed by atoms with van der Waals surface area (Å²) >= 11 is 0. The van der Waals surface area contributed by atoms with Crippen LogP contribution in [0, 0.1) is 11.8 Å². The van der Waals surface area contributed by atoms with Gasteiger partial charge in [0.2, 0.25) is 5.91 Å². The first-order chi connectivity index (χ1) is 8.72. The third kappa shape index (κ3) is 3.25. The van der Waals surface area contributed by atoms with Gasteiger partial charge in [-0.2, -0.15) is 0 Å². The normalized spacial score (nSPS) is 28.8. The van der Waals surface area contributed by atoms with Crippen LogP contribution in [0.2, 0.25) is 0 Å². The molecule has 2 aliphatic rings. The van der Waals surface area contributed by atoms with Crippen LogP contribution >= 0.6 is 0 Å². The molecule has 0 aromatic heterocycles. The van der Waals surface area contributed by atoms with Crippen LogP contribution in [0.15, 0.2) is 0 Å². The van der Waals surface area contributed by atoms with E-state index in [-0.39, 0.29) is 0 Å². The van der Waals surface area contributed by atoms with E-state index in [0.717, 1.165) is 31.7 Å². The van der Waals surface area contributed by atoms with Crippen LogP contribution in [-0.4, -0.2) is 30.4 Å². The first-order valence-corrected chi connectivity index (χ1v) is 7.68. The molecule has 2 unspecified atom stereocenters. The summed E-state index contributed by atoms with van der Waals surface area (Å²) in [5.74, 6) is 1.69. The van der Waals surface area contributed by atoms with E-state index in [1.807, 2.05) is 11.9 Å². The highest BCUT2D eigenvalue weighted by Crippen LogP contribution is 2.31. The summed E-state index contributed by atoms with van der Waals surface area (Å²) in [6.07, 6.45) is 10.8. The van der Waals surface area contributed by atoms with Gasteiger partial charge in [-0.15, -0.1) is 0 Å². The summed E-state index contributed by atoms with van der Waals surface area (Å²) < 4.78 is 0. The standard InChI is InChI=1S/C15H28N2O/c1-17(14-8-4-7-13(14)11-16)15(18)10-9-12-5-2-3-6-12/h12-14H,2-11,16H2,1H3. The van der Waals surface area contributed by atoms with Gasteiger partial charge in [-0.3, -0.25) is 4.79 Å². The Kier molecular flexibility index (Phi) is 5.04. The van der Waals surface area contributed by atoms with Crippen molar-refractivity contribution in [3.63, 3.8) is 0 Å². The van der Waals surface area contributed by atoms with Crippen molar-refractivity contribution in [2.45, 2.75) is 63.8 Å². The van der Waals surface area contributed by atoms with Gasteiger partial charge < -0.3 is 10.6 Å². The van der Waals surface area contributed by atoms with E-state index in [9.17, 15) is 4.79 Å². The Morgan fingerprint density at radius 2 is 1.89 bits per heavy atom. The van der Waals surface area contributed by atoms with Crippen LogP contribution < -0.4 is 5.73 Å². The van der Waals surface area contributed by atoms with Gasteiger partial charge in [0.25, 0.3) is 0 Å². The fraction of sp³-hybridized carbons (Fsp3) is 0.933. The zero-order valence-corrected chi connectivity index (χ0v) is 11.7. The number of carbonyl (C=O) groups is 1. The predicted molar refractivity (Wildman–Crippen MR) is 74.1 cm³/mol. The largest absolute Gasteiger partial charge is 0.342 e. The minimum atomic E-state index is 0.340. The minimum absolute atomic E-state index is 0.340. The Labute approximate surface area is 111 Å². The maximum Gasteiger partial charge on any atom is 0.222 e. The quantitative estimate of drug-likeness (QED) is 0.817. The molecule has 0 aromatic rings. The molecule has 3 nitrogen and oxygen atoms in total. The maximum absolute atomic E-state index is 12.2. The van der Waals surface area contributed by atoms with Gasteiger partial charge >= 0.3 is 0 Å². The summed E-state index contributed by atoms with van der Waals surface area (Å²) in [4.78, 5) is 14.2. The van der Waals surface area contributed by atoms with Crippen LogP contribution in [0.25, 0.3) is 0 Å². The maximum atomic E-state index is 12.2. The van der Waals surface area contributed by atoms with Gasteiger partial charge in [0.15, 0.2) is 0 Å². The highest BCUT2D eigenvalue weighted by Gasteiger charge is 2.31. The van der Waals surface area contributed by atoms with Gasteiger partial charge in [-0.05, 0) is 37.6 Å². The van der Waals surface area contributed by atoms with E-state index in [2.05, 4.69) is 0 Å². The van der Waals surface area contributed by atoms with Crippen molar-refractivity contribution in [3.05, 3.63) is 0 Å². The molecule has 2 atom stereocenters. The zero-order chi connectivity index (χ0) is 13.0. The lowest BCUT2D eigenvalue weighted by Crippen LogP contribution is -2.41. The topological polar surface area (TPSA) is 46.3 Å². The van der Waals surface area contributed by atoms with E-state index in [1.165, 1.54) is 38.5 Å². The van der Waals surface area contributed by atoms with Crippen molar-refractivity contribution in [3.8, 4) is 0 Å². The number of nitrogens with zero attached hydrogens (tertiary/aromatic N) is 1. The third-order valence-electron chi connectivity index (χ3n) is 5.05. The van der Waals surface area contributed by atoms with Gasteiger partial charge in [0, 0.05) is 19.5 Å². The first kappa shape index (κ1) is 13.9. The fourth-order valence-electron chi connectivity index (χ4n) is 3.79. The number of nitrogens with two attached hydrogens (primary N) is 1. The molecule has 0 radical (unpaired) electrons. The van der Waals surface area contributed by atoms with E-state index in [4.69, 9.17) is 5.73 Å². The fourth-order valence-corrected chi connectivity index (χ4v) is 3.79. The molecule has 0 bridgehead atoms. The molecule has 2 aliphatic carbocycles. The van der Waals surface area contributed by atoms with Gasteiger partial charge in [0.1, 0.15) is 0 Å². The highest BCUT2D eigenvalue weighted by molar-refractivity contribution is 5.76. The molecule has 18 heavy (non-hydrogen) atoms. The third-order valence-corrected chi connectivity index (χ3v) is 5.05. The predicted octanol–water partition coefficient (Wildman–Crippen LogP) is 2.54. The molecule has 1 amide bonds. The first-order valence-electron chi connectivity index (χ1n) is 7.68. The van der Waals surface area contributed by atoms with Crippen molar-refractivity contribution in [2.24, 2.45) is 17.6 Å². The number of hydrogen-bond donors (Lipinski definition) is 1. The lowest BCUT2D eigenvalue weighted by Gasteiger charge is -2.29. The summed E-state index contributed by atoms with van der Waals surface area (Å²) in [7, 11) is 1.98. The molecule has 3 heteroatoms. The Balaban J connectivity index is 1.76. The molecule has 2 rings (SSSR count). The number of carbonyl (C=O) groups excluding carboxylic acids is 1. The Morgan fingerprint density at radius 1 is 1.17 bits per heavy atom. The summed E-state index contributed by atoms with van der Waals surface area (Å²) in [5, 5.41) is 0. The van der Waals surface area contributed by atoms with Crippen molar-refractivity contribution in [2.75, 3.05) is 13.6 Å². The summed E-state index contributed by atoms with van der Waals surface area (Å²) in [6.45, 7) is 0.727. The molecule has 0 heterocycles. The smallest absolute Gasteiger partial charge is 0.222 e. The minimum Gasteiger partial charge on any atom is -0.342 e. The molecule has 0 saturated heterocycles. The van der Waals surface area contributed by atoms with Gasteiger partial charge in [0.05, 0.1) is 0 Å². The average Bonchev–Trinajstić information content (AvgIpc) is 3.05. The van der Waals surface area contributed by atoms with Crippen molar-refractivity contribution in [1.82, 2.24) is 4.90 Å². The monoisotopic (exact) mass is 252 g/mol. The highest BCUT2D eigenvalue weighted by atomic mass is 16.2. The second kappa shape index (κ2) is 6.55. The SMILES string of the molecule is CN(C(=O)CCC1CCCC1)C1CCCC1CN. The van der Waals surface area contributed by atoms with Crippen molar-refractivity contribution in [1.29, 1.82) is 0 Å². The molecule has 0 aliphatic heterocycles. The van der Waals surface area contributed by atoms with Crippen LogP contribution in [0.5, 0.6) is 0 Å². The molecular formula is C15H28N2O. The van der Waals surface area contributed by atoms with E-state index in [1.54, 1.807) is 0 Å². The molecular weight excluding hydrogens is 224 g/mol. The van der Waals surface area contributed by atoms with Crippen molar-refractivity contribution < 1.29 is 4.79 Å². The van der Waals surface area contributed by atoms with Gasteiger partial charge in [-0.1, -0.05) is 32.1 Å². The van der Waals surface area contributed by atoms with E-state index < -0.39 is 0 Å². The number of hydrogen-bond acceptors (Lipinski definition) is 2. The summed E-state index contributed by atoms with van der Waals surface area (Å²) in [5.41, 5.74) is 5.80. The molecule has 104 valence electrons.